The van der Waals surface area contributed by atoms with Crippen molar-refractivity contribution in [2.24, 2.45) is 0 Å². The maximum absolute atomic E-state index is 11.5. The summed E-state index contributed by atoms with van der Waals surface area (Å²) < 4.78 is 25.9. The molecule has 1 atom stereocenters. The van der Waals surface area contributed by atoms with Crippen molar-refractivity contribution >= 4 is 26.9 Å². The quantitative estimate of drug-likeness (QED) is 0.308. The molecule has 2 aromatic rings. The molecule has 1 aromatic heterocycles. The van der Waals surface area contributed by atoms with Crippen LogP contribution in [-0.4, -0.2) is 48.4 Å². The first-order chi connectivity index (χ1) is 11.2. The van der Waals surface area contributed by atoms with E-state index in [1.807, 2.05) is 19.2 Å². The zero-order valence-corrected chi connectivity index (χ0v) is 14.3. The number of hydrogen-bond acceptors (Lipinski definition) is 5. The van der Waals surface area contributed by atoms with Gasteiger partial charge in [-0.15, -0.1) is 0 Å². The van der Waals surface area contributed by atoms with E-state index in [4.69, 9.17) is 9.76 Å². The van der Waals surface area contributed by atoms with E-state index in [0.717, 1.165) is 30.2 Å². The van der Waals surface area contributed by atoms with E-state index < -0.39 is 16.0 Å². The molecule has 0 spiro atoms. The van der Waals surface area contributed by atoms with E-state index in [9.17, 15) is 13.2 Å². The maximum atomic E-state index is 11.5. The zero-order chi connectivity index (χ0) is 17.9. The van der Waals surface area contributed by atoms with Crippen molar-refractivity contribution in [3.05, 3.63) is 35.0 Å². The molecule has 1 amide bonds. The molecule has 0 radical (unpaired) electrons. The summed E-state index contributed by atoms with van der Waals surface area (Å²) >= 11 is 0. The highest BCUT2D eigenvalue weighted by molar-refractivity contribution is 7.85. The molecular weight excluding hydrogens is 334 g/mol. The molecule has 3 rings (SSSR count). The van der Waals surface area contributed by atoms with Crippen molar-refractivity contribution in [3.8, 4) is 0 Å². The van der Waals surface area contributed by atoms with Crippen LogP contribution in [0, 0.1) is 0 Å². The number of H-pyrrole nitrogens is 1. The summed E-state index contributed by atoms with van der Waals surface area (Å²) in [6.45, 7) is 0. The van der Waals surface area contributed by atoms with Gasteiger partial charge >= 0.3 is 0 Å². The van der Waals surface area contributed by atoms with Gasteiger partial charge in [0.1, 0.15) is 0 Å². The van der Waals surface area contributed by atoms with Crippen LogP contribution in [0.25, 0.3) is 10.9 Å². The molecular formula is C15H21N3O5S. The van der Waals surface area contributed by atoms with E-state index >= 15 is 0 Å². The fourth-order valence-corrected chi connectivity index (χ4v) is 2.87. The van der Waals surface area contributed by atoms with Gasteiger partial charge in [-0.05, 0) is 50.1 Å². The molecule has 5 N–H and O–H groups in total. The molecule has 0 saturated carbocycles. The number of fused-ring (bicyclic) bond motifs is 3. The van der Waals surface area contributed by atoms with Gasteiger partial charge in [0.2, 0.25) is 0 Å². The van der Waals surface area contributed by atoms with Crippen LogP contribution >= 0.6 is 0 Å². The molecule has 9 heteroatoms. The highest BCUT2D eigenvalue weighted by Crippen LogP contribution is 2.29. The fraction of sp³-hybridized carbons (Fsp3) is 0.400. The van der Waals surface area contributed by atoms with Crippen molar-refractivity contribution in [1.82, 2.24) is 15.8 Å². The van der Waals surface area contributed by atoms with Crippen molar-refractivity contribution in [2.45, 2.75) is 25.3 Å². The topological polar surface area (TPSA) is 132 Å². The Morgan fingerprint density at radius 3 is 2.62 bits per heavy atom. The molecule has 1 aromatic carbocycles. The summed E-state index contributed by atoms with van der Waals surface area (Å²) in [5, 5.41) is 13.1. The number of amides is 1. The Morgan fingerprint density at radius 1 is 1.38 bits per heavy atom. The predicted molar refractivity (Wildman–Crippen MR) is 89.9 cm³/mol. The largest absolute Gasteiger partial charge is 0.358 e. The van der Waals surface area contributed by atoms with Crippen LogP contribution in [0.4, 0.5) is 0 Å². The van der Waals surface area contributed by atoms with Gasteiger partial charge in [0.05, 0.1) is 6.26 Å². The molecule has 0 fully saturated rings. The van der Waals surface area contributed by atoms with Gasteiger partial charge in [-0.1, -0.05) is 0 Å². The van der Waals surface area contributed by atoms with Crippen LogP contribution in [0.1, 0.15) is 28.0 Å². The molecule has 1 aliphatic carbocycles. The van der Waals surface area contributed by atoms with Crippen LogP contribution in [0.5, 0.6) is 0 Å². The lowest BCUT2D eigenvalue weighted by molar-refractivity contribution is 0.0706. The lowest BCUT2D eigenvalue weighted by Crippen LogP contribution is -2.31. The van der Waals surface area contributed by atoms with Crippen molar-refractivity contribution in [1.29, 1.82) is 0 Å². The van der Waals surface area contributed by atoms with Gasteiger partial charge in [0.15, 0.2) is 0 Å². The third-order valence-corrected chi connectivity index (χ3v) is 3.96. The Bertz CT molecular complexity index is 836. The maximum Gasteiger partial charge on any atom is 0.274 e. The number of aryl methyl sites for hydroxylation is 1. The van der Waals surface area contributed by atoms with E-state index in [1.165, 1.54) is 11.3 Å². The lowest BCUT2D eigenvalue weighted by Gasteiger charge is -2.21. The summed E-state index contributed by atoms with van der Waals surface area (Å²) in [6.07, 6.45) is 3.83. The fourth-order valence-electron chi connectivity index (χ4n) is 2.87. The van der Waals surface area contributed by atoms with E-state index in [-0.39, 0.29) is 0 Å². The average molecular weight is 355 g/mol. The third-order valence-electron chi connectivity index (χ3n) is 3.96. The minimum Gasteiger partial charge on any atom is -0.358 e. The molecule has 24 heavy (non-hydrogen) atoms. The molecule has 0 bridgehead atoms. The molecule has 0 aliphatic heterocycles. The number of carbonyl (C=O) groups is 1. The Morgan fingerprint density at radius 2 is 2.04 bits per heavy atom. The Labute approximate surface area is 140 Å². The van der Waals surface area contributed by atoms with Crippen LogP contribution in [0.15, 0.2) is 18.2 Å². The van der Waals surface area contributed by atoms with Gasteiger partial charge in [-0.25, -0.2) is 5.48 Å². The number of aromatic amines is 1. The SMILES string of the molecule is CNC1CCc2[nH]c3ccc(C(=O)NO)cc3c2C1.CS(=O)(=O)O. The monoisotopic (exact) mass is 355 g/mol. The summed E-state index contributed by atoms with van der Waals surface area (Å²) in [7, 11) is -1.69. The first-order valence-electron chi connectivity index (χ1n) is 7.40. The lowest BCUT2D eigenvalue weighted by atomic mass is 9.91. The van der Waals surface area contributed by atoms with Gasteiger partial charge in [-0.2, -0.15) is 8.42 Å². The summed E-state index contributed by atoms with van der Waals surface area (Å²) in [6, 6.07) is 5.94. The number of nitrogens with one attached hydrogen (secondary N) is 3. The van der Waals surface area contributed by atoms with Gasteiger partial charge < -0.3 is 10.3 Å². The number of likely N-dealkylation sites (N-methyl/N-ethyl adjacent to an activating group) is 1. The third kappa shape index (κ3) is 4.54. The molecule has 1 heterocycles. The van der Waals surface area contributed by atoms with E-state index in [2.05, 4.69) is 10.3 Å². The highest BCUT2D eigenvalue weighted by Gasteiger charge is 2.21. The van der Waals surface area contributed by atoms with Crippen LogP contribution < -0.4 is 10.8 Å². The Kier molecular flexibility index (Phi) is 5.60. The van der Waals surface area contributed by atoms with Crippen molar-refractivity contribution < 1.29 is 23.0 Å². The number of carbonyl (C=O) groups excluding carboxylic acids is 1. The second-order valence-electron chi connectivity index (χ2n) is 5.74. The Balaban J connectivity index is 0.000000368. The number of benzene rings is 1. The Hall–Kier alpha value is -1.94. The number of rotatable bonds is 2. The molecule has 0 saturated heterocycles. The zero-order valence-electron chi connectivity index (χ0n) is 13.5. The number of hydroxylamine groups is 1. The molecule has 1 unspecified atom stereocenters. The first kappa shape index (κ1) is 18.4. The van der Waals surface area contributed by atoms with Gasteiger partial charge in [-0.3, -0.25) is 14.6 Å². The second kappa shape index (κ2) is 7.31. The predicted octanol–water partition coefficient (Wildman–Crippen LogP) is 0.868. The minimum absolute atomic E-state index is 0.474. The first-order valence-corrected chi connectivity index (χ1v) is 9.25. The molecule has 132 valence electrons. The van der Waals surface area contributed by atoms with Crippen molar-refractivity contribution in [3.63, 3.8) is 0 Å². The van der Waals surface area contributed by atoms with E-state index in [0.29, 0.717) is 17.9 Å². The van der Waals surface area contributed by atoms with Crippen molar-refractivity contribution in [2.75, 3.05) is 13.3 Å². The van der Waals surface area contributed by atoms with E-state index in [1.54, 1.807) is 11.5 Å². The summed E-state index contributed by atoms with van der Waals surface area (Å²) in [5.74, 6) is -0.474. The minimum atomic E-state index is -3.67. The summed E-state index contributed by atoms with van der Waals surface area (Å²) in [5.41, 5.74) is 5.76. The van der Waals surface area contributed by atoms with Gasteiger partial charge in [0, 0.05) is 28.2 Å². The smallest absolute Gasteiger partial charge is 0.274 e. The highest BCUT2D eigenvalue weighted by atomic mass is 32.2. The van der Waals surface area contributed by atoms with Gasteiger partial charge in [0.25, 0.3) is 16.0 Å². The summed E-state index contributed by atoms with van der Waals surface area (Å²) in [4.78, 5) is 14.9. The van der Waals surface area contributed by atoms with Crippen LogP contribution in [-0.2, 0) is 23.0 Å². The van der Waals surface area contributed by atoms with Crippen LogP contribution in [0.2, 0.25) is 0 Å². The number of aromatic nitrogens is 1. The standard InChI is InChI=1S/C14H17N3O2.CH4O3S/c1-15-9-3-5-13-11(7-9)10-6-8(14(18)17-19)2-4-12(10)16-13;1-5(2,3)4/h2,4,6,9,15-16,19H,3,5,7H2,1H3,(H,17,18);1H3,(H,2,3,4). The molecule has 8 nitrogen and oxygen atoms in total. The normalized spacial score (nSPS) is 16.9. The molecule has 1 aliphatic rings. The van der Waals surface area contributed by atoms with Crippen LogP contribution in [0.3, 0.4) is 0 Å². The number of hydrogen-bond donors (Lipinski definition) is 5. The second-order valence-corrected chi connectivity index (χ2v) is 7.21. The average Bonchev–Trinajstić information content (AvgIpc) is 2.89.